The van der Waals surface area contributed by atoms with Gasteiger partial charge in [0.05, 0.1) is 12.2 Å². The molecule has 0 rings (SSSR count). The Morgan fingerprint density at radius 1 is 0.531 bits per heavy atom. The summed E-state index contributed by atoms with van der Waals surface area (Å²) in [5, 5.41) is 3.40. The molecule has 0 saturated heterocycles. The van der Waals surface area contributed by atoms with Crippen molar-refractivity contribution in [3.8, 4) is 0 Å². The highest BCUT2D eigenvalue weighted by molar-refractivity contribution is 9.09. The molecule has 0 aromatic heterocycles. The number of hydrogen-bond acceptors (Lipinski definition) is 10. The second-order valence-corrected chi connectivity index (χ2v) is 22.4. The van der Waals surface area contributed by atoms with Crippen LogP contribution >= 0.6 is 62.8 Å². The summed E-state index contributed by atoms with van der Waals surface area (Å²) < 4.78 is 11.9. The minimum absolute atomic E-state index is 0.0516. The highest BCUT2D eigenvalue weighted by Crippen LogP contribution is 2.37. The van der Waals surface area contributed by atoms with Crippen LogP contribution in [0.5, 0.6) is 0 Å². The molecular weight excluding hydrogens is 723 g/mol. The van der Waals surface area contributed by atoms with Gasteiger partial charge in [0, 0.05) is 42.5 Å². The lowest BCUT2D eigenvalue weighted by Crippen LogP contribution is -2.24. The molecule has 0 bridgehead atoms. The second-order valence-electron chi connectivity index (χ2n) is 13.6. The number of nitrogens with one attached hydrogen (secondary N) is 1. The zero-order valence-corrected chi connectivity index (χ0v) is 37.5. The van der Waals surface area contributed by atoms with Gasteiger partial charge in [0.1, 0.15) is 12.2 Å². The van der Waals surface area contributed by atoms with Crippen LogP contribution in [0.3, 0.4) is 0 Å². The third-order valence-electron chi connectivity index (χ3n) is 8.23. The molecule has 0 heterocycles. The Bertz CT molecular complexity index is 742. The molecule has 0 aliphatic heterocycles. The van der Waals surface area contributed by atoms with E-state index in [-0.39, 0.29) is 18.2 Å². The van der Waals surface area contributed by atoms with Crippen LogP contribution in [-0.2, 0) is 14.3 Å². The van der Waals surface area contributed by atoms with Crippen LogP contribution in [0.4, 0.5) is 0 Å². The molecule has 2 atom stereocenters. The fourth-order valence-electron chi connectivity index (χ4n) is 5.22. The molecule has 2 unspecified atom stereocenters. The molecule has 10 heteroatoms. The zero-order valence-electron chi connectivity index (χ0n) is 32.6. The first-order valence-corrected chi connectivity index (χ1v) is 27.6. The fraction of sp³-hybridized carbons (Fsp3) is 0.923. The van der Waals surface area contributed by atoms with Gasteiger partial charge in [-0.15, -0.1) is 0 Å². The van der Waals surface area contributed by atoms with Gasteiger partial charge in [-0.2, -0.15) is 0 Å². The van der Waals surface area contributed by atoms with Crippen LogP contribution in [0.1, 0.15) is 183 Å². The predicted molar refractivity (Wildman–Crippen MR) is 235 cm³/mol. The topological polar surface area (TPSA) is 47.6 Å². The molecule has 49 heavy (non-hydrogen) atoms. The molecule has 0 aromatic carbocycles. The number of allylic oxidation sites excluding steroid dienone is 1. The van der Waals surface area contributed by atoms with Crippen LogP contribution in [0.25, 0.3) is 0 Å². The molecule has 0 radical (unpaired) electrons. The van der Waals surface area contributed by atoms with Crippen LogP contribution in [-0.4, -0.2) is 54.3 Å². The Kier molecular flexibility index (Phi) is 41.1. The number of rotatable bonds is 39. The van der Waals surface area contributed by atoms with Gasteiger partial charge in [0.25, 0.3) is 0 Å². The van der Waals surface area contributed by atoms with Crippen LogP contribution in [0.2, 0.25) is 0 Å². The Morgan fingerprint density at radius 3 is 1.35 bits per heavy atom. The van der Waals surface area contributed by atoms with E-state index in [9.17, 15) is 4.79 Å². The van der Waals surface area contributed by atoms with E-state index in [1.807, 2.05) is 59.0 Å². The van der Waals surface area contributed by atoms with Gasteiger partial charge in [0.2, 0.25) is 0 Å². The molecule has 0 amide bonds. The minimum atomic E-state index is -0.114. The van der Waals surface area contributed by atoms with Crippen molar-refractivity contribution in [2.75, 3.05) is 36.1 Å². The summed E-state index contributed by atoms with van der Waals surface area (Å²) in [6, 6.07) is 0. The summed E-state index contributed by atoms with van der Waals surface area (Å²) in [6.07, 6.45) is 29.2. The second kappa shape index (κ2) is 40.3. The fourth-order valence-corrected chi connectivity index (χ4v) is 13.2. The van der Waals surface area contributed by atoms with Crippen molar-refractivity contribution >= 4 is 68.8 Å². The molecule has 0 aromatic rings. The summed E-state index contributed by atoms with van der Waals surface area (Å²) in [5.41, 5.74) is 1.23. The van der Waals surface area contributed by atoms with E-state index in [1.165, 1.54) is 145 Å². The summed E-state index contributed by atoms with van der Waals surface area (Å²) in [5.74, 6) is 5.24. The van der Waals surface area contributed by atoms with Crippen molar-refractivity contribution in [3.05, 3.63) is 11.3 Å². The smallest absolute Gasteiger partial charge is 0.307 e. The summed E-state index contributed by atoms with van der Waals surface area (Å²) in [6.45, 7) is 14.4. The lowest BCUT2D eigenvalue weighted by molar-refractivity contribution is -0.147. The van der Waals surface area contributed by atoms with Gasteiger partial charge in [-0.1, -0.05) is 173 Å². The minimum Gasteiger partial charge on any atom is -0.494 e. The molecule has 0 aliphatic rings. The van der Waals surface area contributed by atoms with Gasteiger partial charge >= 0.3 is 5.97 Å². The summed E-state index contributed by atoms with van der Waals surface area (Å²) in [7, 11) is 11.4. The van der Waals surface area contributed by atoms with Gasteiger partial charge in [-0.3, -0.25) is 4.79 Å². The number of carbonyl (C=O) groups excluding carboxylic acids is 1. The van der Waals surface area contributed by atoms with Crippen molar-refractivity contribution in [1.82, 2.24) is 5.32 Å². The van der Waals surface area contributed by atoms with Crippen molar-refractivity contribution in [3.63, 3.8) is 0 Å². The van der Waals surface area contributed by atoms with E-state index in [0.29, 0.717) is 13.0 Å². The van der Waals surface area contributed by atoms with Crippen molar-refractivity contribution < 1.29 is 14.3 Å². The average molecular weight is 800 g/mol. The first kappa shape index (κ1) is 50.1. The molecule has 1 N–H and O–H groups in total. The lowest BCUT2D eigenvalue weighted by atomic mass is 10.1. The van der Waals surface area contributed by atoms with Gasteiger partial charge in [-0.05, 0) is 65.8 Å². The van der Waals surface area contributed by atoms with E-state index >= 15 is 0 Å². The van der Waals surface area contributed by atoms with Crippen LogP contribution in [0, 0.1) is 0 Å². The Hall–Kier alpha value is 1.07. The Morgan fingerprint density at radius 2 is 0.918 bits per heavy atom. The maximum atomic E-state index is 12.3. The first-order valence-electron chi connectivity index (χ1n) is 20.0. The highest BCUT2D eigenvalue weighted by atomic mass is 33.5. The van der Waals surface area contributed by atoms with E-state index < -0.39 is 0 Å². The normalized spacial score (nSPS) is 12.6. The van der Waals surface area contributed by atoms with Gasteiger partial charge in [0.15, 0.2) is 0 Å². The third-order valence-corrected chi connectivity index (χ3v) is 17.2. The number of unbranched alkanes of at least 4 members (excludes halogenated alkanes) is 18. The predicted octanol–water partition coefficient (Wildman–Crippen LogP) is 14.9. The van der Waals surface area contributed by atoms with Crippen molar-refractivity contribution in [1.29, 1.82) is 0 Å². The standard InChI is InChI=1S/C39H77NO3S6/c1-7-9-11-13-15-17-19-21-23-25-31-44-48-46-33-36(5)42-38(35(3)4)27-29-40-30-28-39(41)43-37(6)34-47-49-45-32-26-24-22-20-18-16-14-12-10-8-2/h36-37,40H,7-34H2,1-6H3. The molecule has 4 nitrogen and oxygen atoms in total. The van der Waals surface area contributed by atoms with Crippen molar-refractivity contribution in [2.45, 2.75) is 195 Å². The molecule has 292 valence electrons. The molecular formula is C39H77NO3S6. The SMILES string of the molecule is CCCCCCCCCCCCSSSCC(C)OC(=O)CCNCCC(OC(C)CSSSCCCCCCCCCCCC)=C(C)C. The third kappa shape index (κ3) is 38.6. The van der Waals surface area contributed by atoms with Crippen LogP contribution in [0.15, 0.2) is 11.3 Å². The molecule has 0 fully saturated rings. The van der Waals surface area contributed by atoms with Gasteiger partial charge < -0.3 is 14.8 Å². The zero-order chi connectivity index (χ0) is 36.0. The molecule has 0 aliphatic carbocycles. The number of carbonyl (C=O) groups is 1. The summed E-state index contributed by atoms with van der Waals surface area (Å²) >= 11 is 0. The monoisotopic (exact) mass is 799 g/mol. The number of ether oxygens (including phenoxy) is 2. The maximum absolute atomic E-state index is 12.3. The Labute approximate surface area is 328 Å². The van der Waals surface area contributed by atoms with E-state index in [4.69, 9.17) is 9.47 Å². The largest absolute Gasteiger partial charge is 0.494 e. The van der Waals surface area contributed by atoms with E-state index in [1.54, 1.807) is 10.8 Å². The van der Waals surface area contributed by atoms with Crippen molar-refractivity contribution in [2.24, 2.45) is 0 Å². The number of hydrogen-bond donors (Lipinski definition) is 1. The highest BCUT2D eigenvalue weighted by Gasteiger charge is 2.11. The van der Waals surface area contributed by atoms with Gasteiger partial charge in [-0.25, -0.2) is 0 Å². The lowest BCUT2D eigenvalue weighted by Gasteiger charge is -2.19. The van der Waals surface area contributed by atoms with E-state index in [0.717, 1.165) is 30.2 Å². The quantitative estimate of drug-likeness (QED) is 0.0281. The Balaban J connectivity index is 3.67. The molecule has 0 spiro atoms. The maximum Gasteiger partial charge on any atom is 0.307 e. The van der Waals surface area contributed by atoms with Crippen LogP contribution < -0.4 is 5.32 Å². The average Bonchev–Trinajstić information content (AvgIpc) is 3.07. The molecule has 0 saturated carbocycles. The van der Waals surface area contributed by atoms with E-state index in [2.05, 4.69) is 39.9 Å². The first-order chi connectivity index (χ1) is 23.9. The summed E-state index contributed by atoms with van der Waals surface area (Å²) in [4.78, 5) is 12.3. The number of esters is 1.